The molecule has 0 atom stereocenters. The maximum absolute atomic E-state index is 5.45. The largest absolute Gasteiger partial charge is 0.379 e. The maximum Gasteiger partial charge on any atom is 0.115 e. The Labute approximate surface area is 136 Å². The van der Waals surface area contributed by atoms with Gasteiger partial charge in [-0.05, 0) is 12.0 Å². The number of rotatable bonds is 3. The zero-order chi connectivity index (χ0) is 15.6. The number of benzene rings is 1. The summed E-state index contributed by atoms with van der Waals surface area (Å²) in [5, 5.41) is 4.73. The SMILES string of the molecule is Cn1cc(CN2CCOCC2)c(C2=NCCc3ccccc32)n1. The Morgan fingerprint density at radius 1 is 1.17 bits per heavy atom. The van der Waals surface area contributed by atoms with Gasteiger partial charge in [-0.25, -0.2) is 0 Å². The molecule has 2 aliphatic heterocycles. The van der Waals surface area contributed by atoms with Crippen molar-refractivity contribution in [3.05, 3.63) is 52.8 Å². The molecule has 0 radical (unpaired) electrons. The number of ether oxygens (including phenoxy) is 1. The van der Waals surface area contributed by atoms with Gasteiger partial charge in [0, 0.05) is 50.6 Å². The van der Waals surface area contributed by atoms with Crippen molar-refractivity contribution in [2.75, 3.05) is 32.8 Å². The fraction of sp³-hybridized carbons (Fsp3) is 0.444. The number of aliphatic imine (C=N–C) groups is 1. The average Bonchev–Trinajstić information content (AvgIpc) is 2.95. The first-order valence-electron chi connectivity index (χ1n) is 8.27. The Balaban J connectivity index is 1.68. The van der Waals surface area contributed by atoms with Gasteiger partial charge < -0.3 is 4.74 Å². The van der Waals surface area contributed by atoms with Gasteiger partial charge in [0.1, 0.15) is 5.69 Å². The van der Waals surface area contributed by atoms with Crippen LogP contribution < -0.4 is 0 Å². The van der Waals surface area contributed by atoms with Gasteiger partial charge in [-0.15, -0.1) is 0 Å². The van der Waals surface area contributed by atoms with Gasteiger partial charge in [0.05, 0.1) is 18.9 Å². The highest BCUT2D eigenvalue weighted by atomic mass is 16.5. The Kier molecular flexibility index (Phi) is 3.97. The van der Waals surface area contributed by atoms with Crippen molar-refractivity contribution in [1.29, 1.82) is 0 Å². The second kappa shape index (κ2) is 6.26. The van der Waals surface area contributed by atoms with E-state index in [1.165, 1.54) is 16.7 Å². The van der Waals surface area contributed by atoms with Crippen LogP contribution in [0.1, 0.15) is 22.4 Å². The van der Waals surface area contributed by atoms with Gasteiger partial charge in [0.2, 0.25) is 0 Å². The molecule has 2 aliphatic rings. The molecule has 5 nitrogen and oxygen atoms in total. The Morgan fingerprint density at radius 3 is 2.87 bits per heavy atom. The van der Waals surface area contributed by atoms with E-state index in [-0.39, 0.29) is 0 Å². The van der Waals surface area contributed by atoms with Crippen molar-refractivity contribution < 1.29 is 4.74 Å². The van der Waals surface area contributed by atoms with Crippen molar-refractivity contribution in [2.24, 2.45) is 12.0 Å². The summed E-state index contributed by atoms with van der Waals surface area (Å²) in [5.74, 6) is 0. The molecule has 3 heterocycles. The summed E-state index contributed by atoms with van der Waals surface area (Å²) in [4.78, 5) is 7.24. The van der Waals surface area contributed by atoms with E-state index >= 15 is 0 Å². The highest BCUT2D eigenvalue weighted by molar-refractivity contribution is 6.13. The van der Waals surface area contributed by atoms with Crippen LogP contribution in [-0.2, 0) is 24.8 Å². The molecule has 23 heavy (non-hydrogen) atoms. The topological polar surface area (TPSA) is 42.6 Å². The molecule has 0 bridgehead atoms. The summed E-state index contributed by atoms with van der Waals surface area (Å²) < 4.78 is 7.36. The third-order valence-corrected chi connectivity index (χ3v) is 4.55. The Morgan fingerprint density at radius 2 is 2.00 bits per heavy atom. The number of aromatic nitrogens is 2. The lowest BCUT2D eigenvalue weighted by molar-refractivity contribution is 0.0341. The van der Waals surface area contributed by atoms with Crippen LogP contribution in [0.15, 0.2) is 35.5 Å². The lowest BCUT2D eigenvalue weighted by Crippen LogP contribution is -2.36. The van der Waals surface area contributed by atoms with Gasteiger partial charge in [-0.3, -0.25) is 14.6 Å². The molecule has 2 aromatic rings. The van der Waals surface area contributed by atoms with E-state index in [1.807, 2.05) is 11.7 Å². The van der Waals surface area contributed by atoms with Crippen LogP contribution in [0.3, 0.4) is 0 Å². The minimum absolute atomic E-state index is 0.819. The molecule has 0 N–H and O–H groups in total. The van der Waals surface area contributed by atoms with Gasteiger partial charge >= 0.3 is 0 Å². The van der Waals surface area contributed by atoms with E-state index in [1.54, 1.807) is 0 Å². The molecule has 1 saturated heterocycles. The first-order valence-corrected chi connectivity index (χ1v) is 8.27. The molecule has 4 rings (SSSR count). The van der Waals surface area contributed by atoms with E-state index < -0.39 is 0 Å². The highest BCUT2D eigenvalue weighted by Crippen LogP contribution is 2.22. The first-order chi connectivity index (χ1) is 11.3. The smallest absolute Gasteiger partial charge is 0.115 e. The molecule has 1 aromatic heterocycles. The quantitative estimate of drug-likeness (QED) is 0.866. The standard InChI is InChI=1S/C18H22N4O/c1-21-12-15(13-22-8-10-23-11-9-22)17(20-21)18-16-5-3-2-4-14(16)6-7-19-18/h2-5,12H,6-11,13H2,1H3. The van der Waals surface area contributed by atoms with E-state index in [2.05, 4.69) is 35.4 Å². The molecule has 0 amide bonds. The van der Waals surface area contributed by atoms with Crippen LogP contribution in [0.2, 0.25) is 0 Å². The molecule has 0 aliphatic carbocycles. The number of hydrogen-bond acceptors (Lipinski definition) is 4. The lowest BCUT2D eigenvalue weighted by Gasteiger charge is -2.26. The van der Waals surface area contributed by atoms with Crippen LogP contribution in [0.25, 0.3) is 0 Å². The zero-order valence-electron chi connectivity index (χ0n) is 13.5. The summed E-state index contributed by atoms with van der Waals surface area (Å²) in [5.41, 5.74) is 5.95. The minimum Gasteiger partial charge on any atom is -0.379 e. The second-order valence-electron chi connectivity index (χ2n) is 6.20. The normalized spacial score (nSPS) is 18.6. The molecule has 1 fully saturated rings. The predicted molar refractivity (Wildman–Crippen MR) is 90.0 cm³/mol. The average molecular weight is 310 g/mol. The Bertz CT molecular complexity index is 728. The number of hydrogen-bond donors (Lipinski definition) is 0. The van der Waals surface area contributed by atoms with Crippen LogP contribution in [0.4, 0.5) is 0 Å². The molecule has 0 spiro atoms. The van der Waals surface area contributed by atoms with E-state index in [0.717, 1.165) is 57.2 Å². The fourth-order valence-corrected chi connectivity index (χ4v) is 3.40. The molecule has 0 unspecified atom stereocenters. The summed E-state index contributed by atoms with van der Waals surface area (Å²) in [6.07, 6.45) is 3.15. The summed E-state index contributed by atoms with van der Waals surface area (Å²) in [6, 6.07) is 8.56. The van der Waals surface area contributed by atoms with E-state index in [4.69, 9.17) is 14.8 Å². The van der Waals surface area contributed by atoms with E-state index in [0.29, 0.717) is 0 Å². The van der Waals surface area contributed by atoms with Crippen LogP contribution in [-0.4, -0.2) is 53.2 Å². The highest BCUT2D eigenvalue weighted by Gasteiger charge is 2.22. The van der Waals surface area contributed by atoms with Crippen molar-refractivity contribution >= 4 is 5.71 Å². The summed E-state index contributed by atoms with van der Waals surface area (Å²) >= 11 is 0. The van der Waals surface area contributed by atoms with Crippen molar-refractivity contribution in [3.8, 4) is 0 Å². The molecule has 1 aromatic carbocycles. The number of morpholine rings is 1. The molecule has 5 heteroatoms. The van der Waals surface area contributed by atoms with Crippen LogP contribution in [0, 0.1) is 0 Å². The summed E-state index contributed by atoms with van der Waals surface area (Å²) in [7, 11) is 1.99. The third kappa shape index (κ3) is 2.94. The van der Waals surface area contributed by atoms with Gasteiger partial charge in [0.15, 0.2) is 0 Å². The fourth-order valence-electron chi connectivity index (χ4n) is 3.40. The van der Waals surface area contributed by atoms with Crippen molar-refractivity contribution in [2.45, 2.75) is 13.0 Å². The van der Waals surface area contributed by atoms with Gasteiger partial charge in [0.25, 0.3) is 0 Å². The zero-order valence-corrected chi connectivity index (χ0v) is 13.5. The molecule has 0 saturated carbocycles. The Hall–Kier alpha value is -1.98. The third-order valence-electron chi connectivity index (χ3n) is 4.55. The van der Waals surface area contributed by atoms with E-state index in [9.17, 15) is 0 Å². The first kappa shape index (κ1) is 14.6. The lowest BCUT2D eigenvalue weighted by atomic mass is 9.94. The molecular formula is C18H22N4O. The summed E-state index contributed by atoms with van der Waals surface area (Å²) in [6.45, 7) is 5.36. The number of fused-ring (bicyclic) bond motifs is 1. The monoisotopic (exact) mass is 310 g/mol. The number of nitrogens with zero attached hydrogens (tertiary/aromatic N) is 4. The maximum atomic E-state index is 5.45. The second-order valence-corrected chi connectivity index (χ2v) is 6.20. The minimum atomic E-state index is 0.819. The van der Waals surface area contributed by atoms with Crippen molar-refractivity contribution in [3.63, 3.8) is 0 Å². The van der Waals surface area contributed by atoms with Crippen LogP contribution in [0.5, 0.6) is 0 Å². The predicted octanol–water partition coefficient (Wildman–Crippen LogP) is 1.65. The molecule has 120 valence electrons. The van der Waals surface area contributed by atoms with Crippen molar-refractivity contribution in [1.82, 2.24) is 14.7 Å². The number of aryl methyl sites for hydroxylation is 1. The van der Waals surface area contributed by atoms with Gasteiger partial charge in [-0.2, -0.15) is 5.10 Å². The van der Waals surface area contributed by atoms with Gasteiger partial charge in [-0.1, -0.05) is 24.3 Å². The van der Waals surface area contributed by atoms with Crippen LogP contribution >= 0.6 is 0 Å². The molecular weight excluding hydrogens is 288 g/mol.